The fraction of sp³-hybridized carbons (Fsp3) is 1.00. The third-order valence-electron chi connectivity index (χ3n) is 1.23. The summed E-state index contributed by atoms with van der Waals surface area (Å²) in [4.78, 5) is 0. The Kier molecular flexibility index (Phi) is 5.94. The lowest BCUT2D eigenvalue weighted by Gasteiger charge is -2.19. The van der Waals surface area contributed by atoms with Crippen molar-refractivity contribution in [1.82, 2.24) is 0 Å². The molecule has 0 aliphatic rings. The molecule has 0 bridgehead atoms. The van der Waals surface area contributed by atoms with E-state index in [0.717, 1.165) is 0 Å². The van der Waals surface area contributed by atoms with Crippen LogP contribution in [0.2, 0.25) is 0 Å². The highest BCUT2D eigenvalue weighted by Crippen LogP contribution is 2.25. The standard InChI is InChI=1S/C6H13IS2/c1-6(2,5-7)3-4-9-8/h8H,3-5H2,1-2H3. The van der Waals surface area contributed by atoms with Crippen LogP contribution in [-0.2, 0) is 0 Å². The average molecular weight is 276 g/mol. The predicted molar refractivity (Wildman–Crippen MR) is 58.7 cm³/mol. The number of thiol groups is 1. The third kappa shape index (κ3) is 5.85. The smallest absolute Gasteiger partial charge is 0.00470 e. The second-order valence-corrected chi connectivity index (χ2v) is 5.08. The maximum Gasteiger partial charge on any atom is 0.00470 e. The Morgan fingerprint density at radius 1 is 1.56 bits per heavy atom. The van der Waals surface area contributed by atoms with Crippen LogP contribution >= 0.6 is 45.0 Å². The second kappa shape index (κ2) is 5.13. The summed E-state index contributed by atoms with van der Waals surface area (Å²) in [7, 11) is 1.63. The largest absolute Gasteiger partial charge is 0.111 e. The zero-order valence-corrected chi connectivity index (χ0v) is 9.72. The molecule has 0 saturated carbocycles. The monoisotopic (exact) mass is 276 g/mol. The molecule has 0 nitrogen and oxygen atoms in total. The molecule has 0 N–H and O–H groups in total. The van der Waals surface area contributed by atoms with Crippen LogP contribution in [0, 0.1) is 5.41 Å². The average Bonchev–Trinajstić information content (AvgIpc) is 1.84. The van der Waals surface area contributed by atoms with E-state index in [1.54, 1.807) is 10.8 Å². The summed E-state index contributed by atoms with van der Waals surface area (Å²) in [5, 5.41) is 0. The van der Waals surface area contributed by atoms with Gasteiger partial charge in [0.25, 0.3) is 0 Å². The minimum atomic E-state index is 0.510. The maximum absolute atomic E-state index is 4.09. The Bertz CT molecular complexity index is 73.5. The highest BCUT2D eigenvalue weighted by molar-refractivity contribution is 14.1. The van der Waals surface area contributed by atoms with Gasteiger partial charge >= 0.3 is 0 Å². The Balaban J connectivity index is 3.33. The first kappa shape index (κ1) is 10.4. The molecule has 0 aromatic rings. The second-order valence-electron chi connectivity index (χ2n) is 2.88. The molecule has 0 fully saturated rings. The van der Waals surface area contributed by atoms with E-state index in [1.807, 2.05) is 0 Å². The van der Waals surface area contributed by atoms with E-state index in [0.29, 0.717) is 5.41 Å². The Morgan fingerprint density at radius 3 is 2.44 bits per heavy atom. The minimum absolute atomic E-state index is 0.510. The number of hydrogen-bond acceptors (Lipinski definition) is 2. The molecule has 0 heterocycles. The highest BCUT2D eigenvalue weighted by atomic mass is 127. The first-order valence-electron chi connectivity index (χ1n) is 2.95. The van der Waals surface area contributed by atoms with Crippen LogP contribution in [0.1, 0.15) is 20.3 Å². The van der Waals surface area contributed by atoms with Crippen molar-refractivity contribution in [2.45, 2.75) is 20.3 Å². The van der Waals surface area contributed by atoms with Gasteiger partial charge < -0.3 is 0 Å². The molecule has 56 valence electrons. The fourth-order valence-electron chi connectivity index (χ4n) is 0.389. The van der Waals surface area contributed by atoms with Crippen molar-refractivity contribution < 1.29 is 0 Å². The molecule has 0 aromatic heterocycles. The number of alkyl halides is 1. The van der Waals surface area contributed by atoms with Crippen molar-refractivity contribution in [3.05, 3.63) is 0 Å². The van der Waals surface area contributed by atoms with Gasteiger partial charge in [0.1, 0.15) is 0 Å². The fourth-order valence-corrected chi connectivity index (χ4v) is 1.69. The van der Waals surface area contributed by atoms with Crippen LogP contribution in [0.15, 0.2) is 0 Å². The van der Waals surface area contributed by atoms with E-state index in [-0.39, 0.29) is 0 Å². The lowest BCUT2D eigenvalue weighted by molar-refractivity contribution is 0.419. The molecule has 9 heavy (non-hydrogen) atoms. The van der Waals surface area contributed by atoms with Gasteiger partial charge in [0.15, 0.2) is 0 Å². The Morgan fingerprint density at radius 2 is 2.11 bits per heavy atom. The molecule has 0 amide bonds. The van der Waals surface area contributed by atoms with Crippen LogP contribution in [0.4, 0.5) is 0 Å². The number of halogens is 1. The molecule has 0 radical (unpaired) electrons. The van der Waals surface area contributed by atoms with Crippen LogP contribution in [-0.4, -0.2) is 10.2 Å². The molecule has 0 spiro atoms. The van der Waals surface area contributed by atoms with E-state index >= 15 is 0 Å². The zero-order valence-electron chi connectivity index (χ0n) is 5.85. The molecule has 0 unspecified atom stereocenters. The quantitative estimate of drug-likeness (QED) is 0.355. The van der Waals surface area contributed by atoms with Crippen molar-refractivity contribution in [2.75, 3.05) is 10.2 Å². The summed E-state index contributed by atoms with van der Waals surface area (Å²) < 4.78 is 1.24. The Labute approximate surface area is 80.5 Å². The molecule has 0 atom stereocenters. The van der Waals surface area contributed by atoms with Crippen molar-refractivity contribution in [3.63, 3.8) is 0 Å². The van der Waals surface area contributed by atoms with Crippen LogP contribution in [0.3, 0.4) is 0 Å². The zero-order chi connectivity index (χ0) is 7.33. The van der Waals surface area contributed by atoms with Crippen LogP contribution in [0.25, 0.3) is 0 Å². The molecule has 3 heteroatoms. The molecule has 0 rings (SSSR count). The highest BCUT2D eigenvalue weighted by Gasteiger charge is 2.14. The van der Waals surface area contributed by atoms with Crippen LogP contribution < -0.4 is 0 Å². The number of hydrogen-bond donors (Lipinski definition) is 1. The van der Waals surface area contributed by atoms with Gasteiger partial charge in [0, 0.05) is 10.2 Å². The molecular formula is C6H13IS2. The van der Waals surface area contributed by atoms with E-state index in [2.05, 4.69) is 48.1 Å². The predicted octanol–water partition coefficient (Wildman–Crippen LogP) is 3.42. The summed E-state index contributed by atoms with van der Waals surface area (Å²) in [5.74, 6) is 1.17. The molecule has 0 saturated heterocycles. The van der Waals surface area contributed by atoms with E-state index in [1.165, 1.54) is 16.6 Å². The summed E-state index contributed by atoms with van der Waals surface area (Å²) >= 11 is 6.52. The van der Waals surface area contributed by atoms with Gasteiger partial charge in [0.05, 0.1) is 0 Å². The summed E-state index contributed by atoms with van der Waals surface area (Å²) in [6.07, 6.45) is 1.27. The van der Waals surface area contributed by atoms with Crippen molar-refractivity contribution >= 4 is 45.0 Å². The molecular weight excluding hydrogens is 263 g/mol. The minimum Gasteiger partial charge on any atom is -0.111 e. The van der Waals surface area contributed by atoms with Gasteiger partial charge in [-0.3, -0.25) is 0 Å². The van der Waals surface area contributed by atoms with Gasteiger partial charge in [-0.1, -0.05) is 47.2 Å². The summed E-state index contributed by atoms with van der Waals surface area (Å²) in [6, 6.07) is 0. The normalized spacial score (nSPS) is 12.0. The van der Waals surface area contributed by atoms with Gasteiger partial charge in [-0.25, -0.2) is 0 Å². The van der Waals surface area contributed by atoms with E-state index in [9.17, 15) is 0 Å². The van der Waals surface area contributed by atoms with Crippen LogP contribution in [0.5, 0.6) is 0 Å². The molecule has 0 aliphatic carbocycles. The topological polar surface area (TPSA) is 0 Å². The SMILES string of the molecule is CC(C)(CI)CCSS. The summed E-state index contributed by atoms with van der Waals surface area (Å²) in [6.45, 7) is 4.59. The maximum atomic E-state index is 4.09. The molecule has 0 aromatic carbocycles. The van der Waals surface area contributed by atoms with Gasteiger partial charge in [-0.2, -0.15) is 0 Å². The van der Waals surface area contributed by atoms with Crippen molar-refractivity contribution in [3.8, 4) is 0 Å². The van der Waals surface area contributed by atoms with Gasteiger partial charge in [-0.05, 0) is 11.8 Å². The first-order chi connectivity index (χ1) is 4.12. The van der Waals surface area contributed by atoms with Gasteiger partial charge in [0.2, 0.25) is 0 Å². The number of rotatable bonds is 4. The lowest BCUT2D eigenvalue weighted by Crippen LogP contribution is -2.13. The molecule has 0 aliphatic heterocycles. The third-order valence-corrected chi connectivity index (χ3v) is 4.23. The van der Waals surface area contributed by atoms with Crippen molar-refractivity contribution in [1.29, 1.82) is 0 Å². The lowest BCUT2D eigenvalue weighted by atomic mass is 9.94. The van der Waals surface area contributed by atoms with E-state index < -0.39 is 0 Å². The van der Waals surface area contributed by atoms with E-state index in [4.69, 9.17) is 0 Å². The van der Waals surface area contributed by atoms with Crippen molar-refractivity contribution in [2.24, 2.45) is 5.41 Å². The summed E-state index contributed by atoms with van der Waals surface area (Å²) in [5.41, 5.74) is 0.510. The Hall–Kier alpha value is 1.43. The van der Waals surface area contributed by atoms with Gasteiger partial charge in [-0.15, -0.1) is 11.7 Å². The first-order valence-corrected chi connectivity index (χ1v) is 6.51.